The SMILES string of the molecule is [C-]#[N+]c1cccc(-c2cc(-n3c4ccccc4c4ccc(-c5c(C)cc(C)cc5C)cc43)ncc2-n2c3ccccc3c3ccc(-c4c(C)cc(C)cc4C)cc32)c1. The molecular weight excluding hydrogens is 705 g/mol. The monoisotopic (exact) mass is 746 g/mol. The van der Waals surface area contributed by atoms with Crippen molar-refractivity contribution < 1.29 is 0 Å². The fraction of sp³-hybridized carbons (Fsp3) is 0.111. The molecule has 10 aromatic rings. The molecule has 3 heterocycles. The summed E-state index contributed by atoms with van der Waals surface area (Å²) in [7, 11) is 0. The molecule has 0 aliphatic heterocycles. The van der Waals surface area contributed by atoms with Crippen LogP contribution in [0.1, 0.15) is 33.4 Å². The second-order valence-electron chi connectivity index (χ2n) is 15.9. The van der Waals surface area contributed by atoms with Crippen molar-refractivity contribution in [1.29, 1.82) is 0 Å². The number of hydrogen-bond donors (Lipinski definition) is 0. The maximum atomic E-state index is 7.94. The molecule has 3 aromatic heterocycles. The first-order valence-corrected chi connectivity index (χ1v) is 19.9. The second-order valence-corrected chi connectivity index (χ2v) is 15.9. The van der Waals surface area contributed by atoms with Crippen molar-refractivity contribution in [1.82, 2.24) is 14.1 Å². The van der Waals surface area contributed by atoms with E-state index in [1.165, 1.54) is 77.2 Å². The number of fused-ring (bicyclic) bond motifs is 6. The van der Waals surface area contributed by atoms with Gasteiger partial charge in [-0.15, -0.1) is 0 Å². The minimum atomic E-state index is 0.599. The molecule has 0 fully saturated rings. The van der Waals surface area contributed by atoms with Crippen LogP contribution >= 0.6 is 0 Å². The van der Waals surface area contributed by atoms with Crippen molar-refractivity contribution in [3.63, 3.8) is 0 Å². The van der Waals surface area contributed by atoms with E-state index in [1.54, 1.807) is 0 Å². The van der Waals surface area contributed by atoms with Crippen LogP contribution in [0.15, 0.2) is 146 Å². The quantitative estimate of drug-likeness (QED) is 0.161. The van der Waals surface area contributed by atoms with E-state index in [4.69, 9.17) is 11.6 Å². The normalized spacial score (nSPS) is 11.6. The Morgan fingerprint density at radius 1 is 0.448 bits per heavy atom. The van der Waals surface area contributed by atoms with Crippen LogP contribution in [-0.4, -0.2) is 14.1 Å². The Kier molecular flexibility index (Phi) is 8.18. The summed E-state index contributed by atoms with van der Waals surface area (Å²) in [6.07, 6.45) is 2.04. The van der Waals surface area contributed by atoms with Crippen molar-refractivity contribution in [3.8, 4) is 44.9 Å². The van der Waals surface area contributed by atoms with Gasteiger partial charge in [0.05, 0.1) is 40.5 Å². The van der Waals surface area contributed by atoms with Crippen molar-refractivity contribution in [3.05, 3.63) is 191 Å². The molecule has 0 saturated heterocycles. The predicted molar refractivity (Wildman–Crippen MR) is 244 cm³/mol. The largest absolute Gasteiger partial charge is 0.307 e. The van der Waals surface area contributed by atoms with Gasteiger partial charge in [0.1, 0.15) is 5.82 Å². The predicted octanol–water partition coefficient (Wildman–Crippen LogP) is 14.7. The average Bonchev–Trinajstić information content (AvgIpc) is 3.72. The van der Waals surface area contributed by atoms with Crippen LogP contribution in [0, 0.1) is 48.1 Å². The molecular formula is C54H42N4. The van der Waals surface area contributed by atoms with E-state index < -0.39 is 0 Å². The average molecular weight is 747 g/mol. The highest BCUT2D eigenvalue weighted by atomic mass is 15.1. The van der Waals surface area contributed by atoms with Gasteiger partial charge in [0.25, 0.3) is 0 Å². The van der Waals surface area contributed by atoms with Crippen molar-refractivity contribution in [2.75, 3.05) is 0 Å². The third-order valence-electron chi connectivity index (χ3n) is 11.9. The van der Waals surface area contributed by atoms with Gasteiger partial charge in [-0.25, -0.2) is 9.83 Å². The number of hydrogen-bond acceptors (Lipinski definition) is 1. The van der Waals surface area contributed by atoms with Gasteiger partial charge < -0.3 is 4.57 Å². The Morgan fingerprint density at radius 2 is 0.948 bits per heavy atom. The zero-order valence-corrected chi connectivity index (χ0v) is 33.6. The molecule has 0 N–H and O–H groups in total. The summed E-state index contributed by atoms with van der Waals surface area (Å²) in [6, 6.07) is 50.3. The van der Waals surface area contributed by atoms with Crippen molar-refractivity contribution >= 4 is 49.3 Å². The molecule has 4 nitrogen and oxygen atoms in total. The van der Waals surface area contributed by atoms with Crippen LogP contribution in [0.25, 0.3) is 93.3 Å². The number of nitrogens with zero attached hydrogens (tertiary/aromatic N) is 4. The topological polar surface area (TPSA) is 27.1 Å². The van der Waals surface area contributed by atoms with Gasteiger partial charge in [-0.3, -0.25) is 4.57 Å². The summed E-state index contributed by atoms with van der Waals surface area (Å²) >= 11 is 0. The van der Waals surface area contributed by atoms with Gasteiger partial charge in [0.2, 0.25) is 0 Å². The lowest BCUT2D eigenvalue weighted by atomic mass is 9.93. The Labute approximate surface area is 339 Å². The first-order valence-electron chi connectivity index (χ1n) is 19.9. The van der Waals surface area contributed by atoms with E-state index in [-0.39, 0.29) is 0 Å². The van der Waals surface area contributed by atoms with Gasteiger partial charge in [0.15, 0.2) is 5.69 Å². The molecule has 0 bridgehead atoms. The first kappa shape index (κ1) is 35.2. The van der Waals surface area contributed by atoms with E-state index in [2.05, 4.69) is 177 Å². The van der Waals surface area contributed by atoms with Gasteiger partial charge in [-0.1, -0.05) is 114 Å². The Bertz CT molecular complexity index is 3320. The second kappa shape index (κ2) is 13.5. The molecule has 0 radical (unpaired) electrons. The summed E-state index contributed by atoms with van der Waals surface area (Å²) in [6.45, 7) is 21.1. The van der Waals surface area contributed by atoms with Crippen LogP contribution in [0.3, 0.4) is 0 Å². The molecule has 0 saturated carbocycles. The molecule has 278 valence electrons. The Morgan fingerprint density at radius 3 is 1.50 bits per heavy atom. The van der Waals surface area contributed by atoms with Gasteiger partial charge in [-0.05, 0) is 128 Å². The maximum absolute atomic E-state index is 7.94. The van der Waals surface area contributed by atoms with Crippen molar-refractivity contribution in [2.24, 2.45) is 0 Å². The summed E-state index contributed by atoms with van der Waals surface area (Å²) in [5, 5.41) is 4.73. The van der Waals surface area contributed by atoms with Crippen LogP contribution in [0.4, 0.5) is 5.69 Å². The van der Waals surface area contributed by atoms with Crippen LogP contribution < -0.4 is 0 Å². The highest BCUT2D eigenvalue weighted by Gasteiger charge is 2.21. The lowest BCUT2D eigenvalue weighted by Crippen LogP contribution is -2.03. The minimum Gasteiger partial charge on any atom is -0.307 e. The van der Waals surface area contributed by atoms with E-state index >= 15 is 0 Å². The Balaban J connectivity index is 1.27. The van der Waals surface area contributed by atoms with Crippen LogP contribution in [0.2, 0.25) is 0 Å². The number of rotatable bonds is 5. The lowest BCUT2D eigenvalue weighted by molar-refractivity contribution is 1.06. The number of benzene rings is 7. The Hall–Kier alpha value is -7.22. The molecule has 58 heavy (non-hydrogen) atoms. The molecule has 0 atom stereocenters. The van der Waals surface area contributed by atoms with Gasteiger partial charge >= 0.3 is 0 Å². The zero-order chi connectivity index (χ0) is 39.8. The van der Waals surface area contributed by atoms with Crippen LogP contribution in [-0.2, 0) is 0 Å². The smallest absolute Gasteiger partial charge is 0.187 e. The van der Waals surface area contributed by atoms with Gasteiger partial charge in [0, 0.05) is 27.1 Å². The summed E-state index contributed by atoms with van der Waals surface area (Å²) in [5.74, 6) is 0.819. The summed E-state index contributed by atoms with van der Waals surface area (Å²) in [4.78, 5) is 9.22. The van der Waals surface area contributed by atoms with E-state index in [0.29, 0.717) is 5.69 Å². The molecule has 10 rings (SSSR count). The molecule has 0 unspecified atom stereocenters. The van der Waals surface area contributed by atoms with E-state index in [0.717, 1.165) is 44.7 Å². The first-order chi connectivity index (χ1) is 28.2. The molecule has 7 aromatic carbocycles. The minimum absolute atomic E-state index is 0.599. The van der Waals surface area contributed by atoms with Crippen molar-refractivity contribution in [2.45, 2.75) is 41.5 Å². The summed E-state index contributed by atoms with van der Waals surface area (Å²) in [5.41, 5.74) is 20.5. The third kappa shape index (κ3) is 5.54. The molecule has 0 aliphatic carbocycles. The van der Waals surface area contributed by atoms with Crippen LogP contribution in [0.5, 0.6) is 0 Å². The highest BCUT2D eigenvalue weighted by Crippen LogP contribution is 2.42. The summed E-state index contributed by atoms with van der Waals surface area (Å²) < 4.78 is 4.68. The maximum Gasteiger partial charge on any atom is 0.187 e. The van der Waals surface area contributed by atoms with E-state index in [1.807, 2.05) is 24.4 Å². The lowest BCUT2D eigenvalue weighted by Gasteiger charge is -2.18. The molecule has 0 spiro atoms. The fourth-order valence-electron chi connectivity index (χ4n) is 9.74. The zero-order valence-electron chi connectivity index (χ0n) is 33.6. The number of aromatic nitrogens is 3. The third-order valence-corrected chi connectivity index (χ3v) is 11.9. The fourth-order valence-corrected chi connectivity index (χ4v) is 9.74. The molecule has 0 amide bonds. The standard InChI is InChI=1S/C54H42N4/c1-32-23-34(3)53(35(4)24-32)39-19-21-44-42-15-8-10-17-47(42)57(49(44)28-39)51-31-56-52(30-46(51)38-13-12-14-41(27-38)55-7)58-48-18-11-9-16-43(48)45-22-20-40(29-50(45)58)54-36(5)25-33(2)26-37(54)6/h8-31H,1-6H3. The van der Waals surface area contributed by atoms with Gasteiger partial charge in [-0.2, -0.15) is 0 Å². The molecule has 0 aliphatic rings. The number of pyridine rings is 1. The number of para-hydroxylation sites is 2. The highest BCUT2D eigenvalue weighted by molar-refractivity contribution is 6.12. The molecule has 4 heteroatoms. The van der Waals surface area contributed by atoms with E-state index in [9.17, 15) is 0 Å². The number of aryl methyl sites for hydroxylation is 6.